The lowest BCUT2D eigenvalue weighted by Crippen LogP contribution is -2.34. The number of ether oxygens (including phenoxy) is 1. The minimum atomic E-state index is -4.28. The first kappa shape index (κ1) is 24.0. The molecule has 2 aliphatic rings. The molecule has 36 heavy (non-hydrogen) atoms. The van der Waals surface area contributed by atoms with Crippen molar-refractivity contribution < 1.29 is 23.1 Å². The maximum atomic E-state index is 13.4. The highest BCUT2D eigenvalue weighted by Gasteiger charge is 2.31. The van der Waals surface area contributed by atoms with Gasteiger partial charge in [-0.15, -0.1) is 15.7 Å². The Kier molecular flexibility index (Phi) is 6.04. The first-order valence-electron chi connectivity index (χ1n) is 11.2. The number of aromatic hydroxyl groups is 1. The van der Waals surface area contributed by atoms with Crippen LogP contribution in [0, 0.1) is 12.8 Å². The third-order valence-corrected chi connectivity index (χ3v) is 8.19. The lowest BCUT2D eigenvalue weighted by atomic mass is 10.1. The number of rotatable bonds is 8. The van der Waals surface area contributed by atoms with Crippen molar-refractivity contribution in [2.24, 2.45) is 16.0 Å². The van der Waals surface area contributed by atoms with E-state index in [1.807, 2.05) is 13.0 Å². The van der Waals surface area contributed by atoms with Crippen molar-refractivity contribution in [3.8, 4) is 22.1 Å². The van der Waals surface area contributed by atoms with E-state index in [-0.39, 0.29) is 33.4 Å². The molecule has 0 saturated heterocycles. The molecule has 5 rings (SSSR count). The minimum Gasteiger partial charge on any atom is -0.505 e. The third-order valence-electron chi connectivity index (χ3n) is 5.86. The van der Waals surface area contributed by atoms with Gasteiger partial charge in [-0.25, -0.2) is 4.68 Å². The molecule has 1 aliphatic heterocycles. The van der Waals surface area contributed by atoms with Gasteiger partial charge in [0.2, 0.25) is 0 Å². The second-order valence-corrected chi connectivity index (χ2v) is 11.6. The number of carbonyl (C=O) groups excluding carboxylic acids is 1. The van der Waals surface area contributed by atoms with Crippen molar-refractivity contribution >= 4 is 38.8 Å². The Balaban J connectivity index is 1.60. The second-order valence-electron chi connectivity index (χ2n) is 8.70. The number of amides is 1. The van der Waals surface area contributed by atoms with E-state index >= 15 is 0 Å². The Morgan fingerprint density at radius 1 is 1.31 bits per heavy atom. The average molecular weight is 530 g/mol. The van der Waals surface area contributed by atoms with Gasteiger partial charge in [0.25, 0.3) is 21.5 Å². The molecule has 0 bridgehead atoms. The summed E-state index contributed by atoms with van der Waals surface area (Å²) in [6.07, 6.45) is 2.96. The number of nitrogens with two attached hydrogens (primary N) is 1. The fraction of sp³-hybridized carbons (Fsp3) is 0.304. The predicted molar refractivity (Wildman–Crippen MR) is 134 cm³/mol. The molecule has 3 heterocycles. The number of anilines is 1. The van der Waals surface area contributed by atoms with Gasteiger partial charge in [0, 0.05) is 17.5 Å². The van der Waals surface area contributed by atoms with Crippen LogP contribution in [0.25, 0.3) is 10.6 Å². The first-order valence-corrected chi connectivity index (χ1v) is 13.5. The van der Waals surface area contributed by atoms with Gasteiger partial charge < -0.3 is 20.9 Å². The van der Waals surface area contributed by atoms with Crippen LogP contribution in [-0.2, 0) is 21.4 Å². The molecular weight excluding hydrogens is 506 g/mol. The lowest BCUT2D eigenvalue weighted by molar-refractivity contribution is -0.119. The van der Waals surface area contributed by atoms with Crippen LogP contribution in [0.4, 0.5) is 5.69 Å². The van der Waals surface area contributed by atoms with Crippen LogP contribution in [0.1, 0.15) is 29.7 Å². The third kappa shape index (κ3) is 4.71. The molecule has 0 spiro atoms. The summed E-state index contributed by atoms with van der Waals surface area (Å²) >= 11 is 1.40. The van der Waals surface area contributed by atoms with Crippen LogP contribution in [0.5, 0.6) is 11.5 Å². The summed E-state index contributed by atoms with van der Waals surface area (Å²) in [6, 6.07) is 7.74. The van der Waals surface area contributed by atoms with Crippen molar-refractivity contribution in [1.29, 1.82) is 0 Å². The quantitative estimate of drug-likeness (QED) is 0.399. The van der Waals surface area contributed by atoms with E-state index in [0.717, 1.165) is 24.1 Å². The Morgan fingerprint density at radius 3 is 2.75 bits per heavy atom. The number of nitrogens with one attached hydrogen (secondary N) is 1. The van der Waals surface area contributed by atoms with Gasteiger partial charge in [-0.3, -0.25) is 9.59 Å². The van der Waals surface area contributed by atoms with E-state index in [2.05, 4.69) is 14.8 Å². The smallest absolute Gasteiger partial charge is 0.286 e. The standard InChI is InChI=1S/C23H23N5O6S2/c1-12-2-7-16(35-12)20-21(30)19(23(31)28(26-20)9-8-13-3-4-13)22-25-15-6-5-14(34-11-18(24)29)10-17(15)36(32,33)27-22/h2,5-7,10,13,30H,3-4,8-9,11H2,1H3,(H2,24,29)(H,25,27). The molecule has 0 atom stereocenters. The molecule has 188 valence electrons. The predicted octanol–water partition coefficient (Wildman–Crippen LogP) is 2.21. The van der Waals surface area contributed by atoms with Crippen molar-refractivity contribution in [3.05, 3.63) is 51.1 Å². The monoisotopic (exact) mass is 529 g/mol. The summed E-state index contributed by atoms with van der Waals surface area (Å²) in [7, 11) is -4.28. The molecule has 1 saturated carbocycles. The number of fused-ring (bicyclic) bond motifs is 1. The van der Waals surface area contributed by atoms with Crippen LogP contribution in [-0.4, -0.2) is 41.7 Å². The van der Waals surface area contributed by atoms with E-state index in [0.29, 0.717) is 17.3 Å². The van der Waals surface area contributed by atoms with Gasteiger partial charge >= 0.3 is 0 Å². The summed E-state index contributed by atoms with van der Waals surface area (Å²) in [5, 5.41) is 18.4. The zero-order valence-corrected chi connectivity index (χ0v) is 20.9. The van der Waals surface area contributed by atoms with Crippen molar-refractivity contribution in [1.82, 2.24) is 9.78 Å². The molecule has 1 amide bonds. The zero-order valence-electron chi connectivity index (χ0n) is 19.2. The van der Waals surface area contributed by atoms with Crippen LogP contribution >= 0.6 is 11.3 Å². The van der Waals surface area contributed by atoms with Crippen molar-refractivity contribution in [3.63, 3.8) is 0 Å². The SMILES string of the molecule is Cc1ccc(-c2nn(CCC3CC3)c(=O)c(C3=NS(=O)(=O)c4cc(OCC(N)=O)ccc4N3)c2O)s1. The molecule has 1 fully saturated rings. The topological polar surface area (TPSA) is 166 Å². The normalized spacial score (nSPS) is 16.1. The van der Waals surface area contributed by atoms with Gasteiger partial charge in [-0.05, 0) is 43.5 Å². The molecule has 3 aromatic rings. The summed E-state index contributed by atoms with van der Waals surface area (Å²) < 4.78 is 36.4. The minimum absolute atomic E-state index is 0.112. The van der Waals surface area contributed by atoms with Crippen molar-refractivity contribution in [2.45, 2.75) is 37.6 Å². The number of amidine groups is 1. The first-order chi connectivity index (χ1) is 17.1. The number of nitrogens with zero attached hydrogens (tertiary/aromatic N) is 3. The Morgan fingerprint density at radius 2 is 2.08 bits per heavy atom. The molecule has 0 radical (unpaired) electrons. The maximum absolute atomic E-state index is 13.4. The number of sulfonamides is 1. The number of thiophene rings is 1. The summed E-state index contributed by atoms with van der Waals surface area (Å²) in [6.45, 7) is 1.83. The summed E-state index contributed by atoms with van der Waals surface area (Å²) in [5.74, 6) is -0.812. The maximum Gasteiger partial charge on any atom is 0.286 e. The van der Waals surface area contributed by atoms with Crippen LogP contribution < -0.4 is 21.3 Å². The fourth-order valence-corrected chi connectivity index (χ4v) is 5.85. The lowest BCUT2D eigenvalue weighted by Gasteiger charge is -2.20. The fourth-order valence-electron chi connectivity index (χ4n) is 3.86. The molecule has 2 aromatic heterocycles. The van der Waals surface area contributed by atoms with Gasteiger partial charge in [0.05, 0.1) is 10.6 Å². The van der Waals surface area contributed by atoms with E-state index in [1.165, 1.54) is 34.2 Å². The van der Waals surface area contributed by atoms with E-state index in [1.54, 1.807) is 6.07 Å². The molecule has 0 unspecified atom stereocenters. The van der Waals surface area contributed by atoms with Crippen LogP contribution in [0.2, 0.25) is 0 Å². The second kappa shape index (κ2) is 9.06. The van der Waals surface area contributed by atoms with Gasteiger partial charge in [-0.2, -0.15) is 13.5 Å². The number of benzene rings is 1. The largest absolute Gasteiger partial charge is 0.505 e. The van der Waals surface area contributed by atoms with Gasteiger partial charge in [0.1, 0.15) is 21.9 Å². The zero-order chi connectivity index (χ0) is 25.6. The number of carbonyl (C=O) groups is 1. The number of hydrogen-bond donors (Lipinski definition) is 3. The number of aryl methyl sites for hydroxylation is 2. The Labute approximate surface area is 210 Å². The summed E-state index contributed by atoms with van der Waals surface area (Å²) in [4.78, 5) is 25.8. The average Bonchev–Trinajstić information content (AvgIpc) is 3.55. The highest BCUT2D eigenvalue weighted by molar-refractivity contribution is 7.90. The van der Waals surface area contributed by atoms with Crippen LogP contribution in [0.15, 0.2) is 44.4 Å². The van der Waals surface area contributed by atoms with E-state index < -0.39 is 33.8 Å². The van der Waals surface area contributed by atoms with Gasteiger partial charge in [0.15, 0.2) is 18.2 Å². The molecule has 1 aliphatic carbocycles. The number of primary amides is 1. The van der Waals surface area contributed by atoms with Gasteiger partial charge in [-0.1, -0.05) is 12.8 Å². The number of hydrogen-bond acceptors (Lipinski definition) is 9. The molecule has 1 aromatic carbocycles. The van der Waals surface area contributed by atoms with Crippen LogP contribution in [0.3, 0.4) is 0 Å². The van der Waals surface area contributed by atoms with E-state index in [4.69, 9.17) is 10.5 Å². The summed E-state index contributed by atoms with van der Waals surface area (Å²) in [5.41, 5.74) is 4.48. The highest BCUT2D eigenvalue weighted by atomic mass is 32.2. The highest BCUT2D eigenvalue weighted by Crippen LogP contribution is 2.37. The molecule has 4 N–H and O–H groups in total. The Hall–Kier alpha value is -3.71. The Bertz CT molecular complexity index is 1570. The van der Waals surface area contributed by atoms with E-state index in [9.17, 15) is 23.1 Å². The molecule has 13 heteroatoms. The molecule has 11 nitrogen and oxygen atoms in total. The van der Waals surface area contributed by atoms with Crippen molar-refractivity contribution in [2.75, 3.05) is 11.9 Å². The number of aromatic nitrogens is 2. The molecular formula is C23H23N5O6S2.